The molecule has 0 aromatic heterocycles. The Morgan fingerprint density at radius 1 is 0.862 bits per heavy atom. The van der Waals surface area contributed by atoms with Crippen molar-refractivity contribution in [3.8, 4) is 0 Å². The maximum absolute atomic E-state index is 10.6. The summed E-state index contributed by atoms with van der Waals surface area (Å²) in [7, 11) is -2.40. The Kier molecular flexibility index (Phi) is 12.7. The third kappa shape index (κ3) is 9.15. The molecule has 0 heterocycles. The summed E-state index contributed by atoms with van der Waals surface area (Å²) in [5.41, 5.74) is 4.24. The zero-order valence-electron chi connectivity index (χ0n) is 16.8. The first kappa shape index (κ1) is 26.7. The molecule has 0 aliphatic carbocycles. The van der Waals surface area contributed by atoms with E-state index in [4.69, 9.17) is 34.3 Å². The fourth-order valence-corrected chi connectivity index (χ4v) is 5.00. The van der Waals surface area contributed by atoms with Gasteiger partial charge in [-0.05, 0) is 51.9 Å². The van der Waals surface area contributed by atoms with Crippen LogP contribution >= 0.6 is 0 Å². The van der Waals surface area contributed by atoms with E-state index in [1.807, 2.05) is 20.8 Å². The van der Waals surface area contributed by atoms with Crippen LogP contribution in [-0.2, 0) is 13.3 Å². The molecular formula is C18H29NO9Si. The molecule has 0 unspecified atom stereocenters. The van der Waals surface area contributed by atoms with Gasteiger partial charge < -0.3 is 34.3 Å². The molecule has 164 valence electrons. The number of rotatable bonds is 12. The van der Waals surface area contributed by atoms with Crippen molar-refractivity contribution in [2.24, 2.45) is 5.73 Å². The molecule has 0 aliphatic heterocycles. The fourth-order valence-electron chi connectivity index (χ4n) is 2.36. The van der Waals surface area contributed by atoms with Crippen molar-refractivity contribution < 1.29 is 43.0 Å². The third-order valence-corrected chi connectivity index (χ3v) is 6.66. The van der Waals surface area contributed by atoms with Gasteiger partial charge in [0.05, 0.1) is 16.7 Å². The smallest absolute Gasteiger partial charge is 0.478 e. The average molecular weight is 432 g/mol. The molecule has 0 aliphatic rings. The number of hydrogen-bond donors (Lipinski definition) is 4. The van der Waals surface area contributed by atoms with Gasteiger partial charge in [0, 0.05) is 25.9 Å². The lowest BCUT2D eigenvalue weighted by atomic mass is 10.0. The minimum atomic E-state index is -2.40. The normalized spacial score (nSPS) is 10.8. The zero-order valence-corrected chi connectivity index (χ0v) is 17.8. The van der Waals surface area contributed by atoms with Gasteiger partial charge in [0.25, 0.3) is 0 Å². The highest BCUT2D eigenvalue weighted by Crippen LogP contribution is 2.17. The Morgan fingerprint density at radius 3 is 1.69 bits per heavy atom. The molecular weight excluding hydrogens is 402 g/mol. The molecule has 0 spiro atoms. The maximum Gasteiger partial charge on any atom is 0.500 e. The molecule has 1 aromatic rings. The summed E-state index contributed by atoms with van der Waals surface area (Å²) < 4.78 is 17.0. The zero-order chi connectivity index (χ0) is 22.4. The summed E-state index contributed by atoms with van der Waals surface area (Å²) in [4.78, 5) is 31.8. The van der Waals surface area contributed by atoms with Gasteiger partial charge >= 0.3 is 26.7 Å². The number of hydrogen-bond acceptors (Lipinski definition) is 7. The fraction of sp³-hybridized carbons (Fsp3) is 0.500. The molecule has 0 bridgehead atoms. The van der Waals surface area contributed by atoms with Crippen LogP contribution in [0.1, 0.15) is 58.3 Å². The molecule has 10 nitrogen and oxygen atoms in total. The van der Waals surface area contributed by atoms with Crippen LogP contribution in [0.2, 0.25) is 6.04 Å². The summed E-state index contributed by atoms with van der Waals surface area (Å²) >= 11 is 0. The van der Waals surface area contributed by atoms with Gasteiger partial charge in [0.15, 0.2) is 0 Å². The topological polar surface area (TPSA) is 166 Å². The first-order chi connectivity index (χ1) is 13.7. The van der Waals surface area contributed by atoms with Gasteiger partial charge in [-0.3, -0.25) is 0 Å². The Morgan fingerprint density at radius 2 is 1.34 bits per heavy atom. The van der Waals surface area contributed by atoms with Crippen LogP contribution in [0.25, 0.3) is 0 Å². The quantitative estimate of drug-likeness (QED) is 0.360. The van der Waals surface area contributed by atoms with Crippen LogP contribution in [0.4, 0.5) is 0 Å². The Balaban J connectivity index is 0.000000543. The molecule has 5 N–H and O–H groups in total. The lowest BCUT2D eigenvalue weighted by Crippen LogP contribution is -2.46. The molecule has 0 amide bonds. The molecule has 0 fully saturated rings. The van der Waals surface area contributed by atoms with Gasteiger partial charge in [-0.1, -0.05) is 0 Å². The van der Waals surface area contributed by atoms with Crippen molar-refractivity contribution in [2.45, 2.75) is 33.2 Å². The van der Waals surface area contributed by atoms with E-state index < -0.39 is 37.8 Å². The van der Waals surface area contributed by atoms with Crippen molar-refractivity contribution in [3.05, 3.63) is 34.9 Å². The third-order valence-electron chi connectivity index (χ3n) is 3.51. The van der Waals surface area contributed by atoms with Crippen molar-refractivity contribution in [1.82, 2.24) is 0 Å². The second-order valence-electron chi connectivity index (χ2n) is 5.55. The first-order valence-electron chi connectivity index (χ1n) is 9.13. The number of carboxylic acid groups (broad SMARTS) is 3. The number of aromatic carboxylic acids is 3. The summed E-state index contributed by atoms with van der Waals surface area (Å²) in [6.45, 7) is 8.44. The second-order valence-corrected chi connectivity index (χ2v) is 8.28. The first-order valence-corrected chi connectivity index (χ1v) is 11.1. The van der Waals surface area contributed by atoms with Gasteiger partial charge in [-0.25, -0.2) is 14.4 Å². The number of carboxylic acids is 3. The number of carbonyl (C=O) groups is 3. The maximum atomic E-state index is 10.6. The summed E-state index contributed by atoms with van der Waals surface area (Å²) in [6, 6.07) is 3.63. The van der Waals surface area contributed by atoms with E-state index in [-0.39, 0.29) is 5.56 Å². The van der Waals surface area contributed by atoms with Crippen molar-refractivity contribution in [1.29, 1.82) is 0 Å². The van der Waals surface area contributed by atoms with Gasteiger partial charge in [-0.2, -0.15) is 0 Å². The van der Waals surface area contributed by atoms with Crippen LogP contribution in [0.3, 0.4) is 0 Å². The summed E-state index contributed by atoms with van der Waals surface area (Å²) in [5, 5.41) is 25.9. The summed E-state index contributed by atoms with van der Waals surface area (Å²) in [5.74, 6) is -4.20. The van der Waals surface area contributed by atoms with E-state index in [9.17, 15) is 14.4 Å². The predicted octanol–water partition coefficient (Wildman–Crippen LogP) is 2.16. The minimum Gasteiger partial charge on any atom is -0.478 e. The molecule has 29 heavy (non-hydrogen) atoms. The molecule has 1 rings (SSSR count). The Bertz CT molecular complexity index is 664. The Hall–Kier alpha value is -2.31. The lowest BCUT2D eigenvalue weighted by Gasteiger charge is -2.28. The van der Waals surface area contributed by atoms with Crippen LogP contribution < -0.4 is 5.73 Å². The number of nitrogens with two attached hydrogens (primary N) is 1. The predicted molar refractivity (Wildman–Crippen MR) is 106 cm³/mol. The average Bonchev–Trinajstić information content (AvgIpc) is 2.67. The van der Waals surface area contributed by atoms with Crippen LogP contribution in [0, 0.1) is 0 Å². The van der Waals surface area contributed by atoms with E-state index in [0.717, 1.165) is 30.7 Å². The van der Waals surface area contributed by atoms with Crippen LogP contribution in [-0.4, -0.2) is 68.4 Å². The van der Waals surface area contributed by atoms with Crippen molar-refractivity contribution >= 4 is 26.7 Å². The highest BCUT2D eigenvalue weighted by molar-refractivity contribution is 6.60. The lowest BCUT2D eigenvalue weighted by molar-refractivity contribution is 0.0649. The molecule has 1 aromatic carbocycles. The highest BCUT2D eigenvalue weighted by Gasteiger charge is 2.39. The van der Waals surface area contributed by atoms with Gasteiger partial charge in [-0.15, -0.1) is 0 Å². The second kappa shape index (κ2) is 13.8. The van der Waals surface area contributed by atoms with E-state index >= 15 is 0 Å². The minimum absolute atomic E-state index is 0.266. The largest absolute Gasteiger partial charge is 0.500 e. The van der Waals surface area contributed by atoms with E-state index in [1.165, 1.54) is 0 Å². The molecule has 0 atom stereocenters. The summed E-state index contributed by atoms with van der Waals surface area (Å²) in [6.07, 6.45) is 0.895. The molecule has 0 radical (unpaired) electrons. The molecule has 0 saturated carbocycles. The molecule has 11 heteroatoms. The van der Waals surface area contributed by atoms with E-state index in [0.29, 0.717) is 26.4 Å². The van der Waals surface area contributed by atoms with Gasteiger partial charge in [0.1, 0.15) is 0 Å². The Labute approximate surface area is 170 Å². The van der Waals surface area contributed by atoms with E-state index in [2.05, 4.69) is 0 Å². The van der Waals surface area contributed by atoms with Crippen LogP contribution in [0.5, 0.6) is 0 Å². The highest BCUT2D eigenvalue weighted by atomic mass is 28.4. The van der Waals surface area contributed by atoms with E-state index in [1.54, 1.807) is 0 Å². The van der Waals surface area contributed by atoms with Gasteiger partial charge in [0.2, 0.25) is 0 Å². The monoisotopic (exact) mass is 431 g/mol. The standard InChI is InChI=1S/C9H23NO3Si.C9H6O6/c1-4-11-14(12-5-2,13-6-3)9-7-8-10;10-7(11)4-1-2-5(8(12)13)6(3-4)9(14)15/h4-10H2,1-3H3;1-3H,(H,10,11)(H,12,13)(H,14,15). The number of benzene rings is 1. The van der Waals surface area contributed by atoms with Crippen LogP contribution in [0.15, 0.2) is 18.2 Å². The SMILES string of the molecule is CCO[Si](CCCN)(OCC)OCC.O=C(O)c1ccc(C(=O)O)c(C(=O)O)c1. The van der Waals surface area contributed by atoms with Crippen molar-refractivity contribution in [2.75, 3.05) is 26.4 Å². The van der Waals surface area contributed by atoms with Crippen molar-refractivity contribution in [3.63, 3.8) is 0 Å². The molecule has 0 saturated heterocycles.